The van der Waals surface area contributed by atoms with Crippen molar-refractivity contribution in [3.8, 4) is 0 Å². The first-order valence-electron chi connectivity index (χ1n) is 3.79. The van der Waals surface area contributed by atoms with Gasteiger partial charge in [0.2, 0.25) is 0 Å². The molecule has 0 spiro atoms. The van der Waals surface area contributed by atoms with Gasteiger partial charge in [-0.1, -0.05) is 18.6 Å². The van der Waals surface area contributed by atoms with Crippen LogP contribution in [0, 0.1) is 0 Å². The van der Waals surface area contributed by atoms with Gasteiger partial charge in [0.1, 0.15) is 0 Å². The van der Waals surface area contributed by atoms with E-state index in [0.717, 1.165) is 6.42 Å². The zero-order valence-corrected chi connectivity index (χ0v) is 6.06. The quantitative estimate of drug-likeness (QED) is 0.532. The van der Waals surface area contributed by atoms with Crippen molar-refractivity contribution in [1.82, 2.24) is 0 Å². The molecule has 1 aliphatic rings. The van der Waals surface area contributed by atoms with Gasteiger partial charge in [-0.2, -0.15) is 0 Å². The number of allylic oxidation sites excluding steroid dienone is 1. The molecular formula is C8H15N. The molecule has 0 aliphatic heterocycles. The Morgan fingerprint density at radius 3 is 3.00 bits per heavy atom. The molecule has 0 amide bonds. The van der Waals surface area contributed by atoms with Crippen molar-refractivity contribution in [2.45, 2.75) is 38.6 Å². The lowest BCUT2D eigenvalue weighted by Crippen LogP contribution is -2.24. The summed E-state index contributed by atoms with van der Waals surface area (Å²) >= 11 is 0. The average Bonchev–Trinajstić information content (AvgIpc) is 1.89. The first-order valence-corrected chi connectivity index (χ1v) is 3.79. The van der Waals surface area contributed by atoms with Crippen molar-refractivity contribution in [2.24, 2.45) is 5.73 Å². The third-order valence-electron chi connectivity index (χ3n) is 2.01. The summed E-state index contributed by atoms with van der Waals surface area (Å²) in [5.74, 6) is 0. The summed E-state index contributed by atoms with van der Waals surface area (Å²) in [6.07, 6.45) is 7.16. The van der Waals surface area contributed by atoms with Crippen LogP contribution in [0.4, 0.5) is 0 Å². The van der Waals surface area contributed by atoms with Gasteiger partial charge in [0.25, 0.3) is 0 Å². The summed E-state index contributed by atoms with van der Waals surface area (Å²) in [6.45, 7) is 2.18. The Kier molecular flexibility index (Phi) is 2.29. The molecule has 1 unspecified atom stereocenters. The molecule has 0 aromatic rings. The maximum atomic E-state index is 5.82. The molecule has 1 atom stereocenters. The lowest BCUT2D eigenvalue weighted by atomic mass is 9.93. The molecule has 0 bridgehead atoms. The summed E-state index contributed by atoms with van der Waals surface area (Å²) in [4.78, 5) is 0. The van der Waals surface area contributed by atoms with E-state index in [-0.39, 0.29) is 0 Å². The molecule has 2 N–H and O–H groups in total. The van der Waals surface area contributed by atoms with Gasteiger partial charge in [-0.05, 0) is 25.7 Å². The SMILES string of the molecule is CCC1=CCCCC1N. The molecule has 1 rings (SSSR count). The highest BCUT2D eigenvalue weighted by molar-refractivity contribution is 5.11. The van der Waals surface area contributed by atoms with Gasteiger partial charge >= 0.3 is 0 Å². The predicted octanol–water partition coefficient (Wildman–Crippen LogP) is 1.83. The summed E-state index contributed by atoms with van der Waals surface area (Å²) in [5.41, 5.74) is 7.28. The van der Waals surface area contributed by atoms with E-state index >= 15 is 0 Å². The molecule has 9 heavy (non-hydrogen) atoms. The number of hydrogen-bond donors (Lipinski definition) is 1. The minimum absolute atomic E-state index is 0.378. The Hall–Kier alpha value is -0.300. The summed E-state index contributed by atoms with van der Waals surface area (Å²) in [6, 6.07) is 0.378. The fraction of sp³-hybridized carbons (Fsp3) is 0.750. The molecule has 0 saturated carbocycles. The van der Waals surface area contributed by atoms with Crippen molar-refractivity contribution in [3.05, 3.63) is 11.6 Å². The van der Waals surface area contributed by atoms with Crippen LogP contribution in [0.25, 0.3) is 0 Å². The van der Waals surface area contributed by atoms with Gasteiger partial charge < -0.3 is 5.73 Å². The highest BCUT2D eigenvalue weighted by Crippen LogP contribution is 2.18. The van der Waals surface area contributed by atoms with Gasteiger partial charge in [-0.25, -0.2) is 0 Å². The largest absolute Gasteiger partial charge is 0.324 e. The molecule has 52 valence electrons. The molecule has 0 aromatic carbocycles. The monoisotopic (exact) mass is 125 g/mol. The first-order chi connectivity index (χ1) is 4.34. The first kappa shape index (κ1) is 6.81. The molecular weight excluding hydrogens is 110 g/mol. The molecule has 0 radical (unpaired) electrons. The van der Waals surface area contributed by atoms with E-state index in [1.165, 1.54) is 24.8 Å². The van der Waals surface area contributed by atoms with Crippen LogP contribution in [0.2, 0.25) is 0 Å². The third kappa shape index (κ3) is 1.55. The Bertz CT molecular complexity index is 116. The van der Waals surface area contributed by atoms with E-state index in [9.17, 15) is 0 Å². The molecule has 0 fully saturated rings. The lowest BCUT2D eigenvalue weighted by Gasteiger charge is -2.18. The third-order valence-corrected chi connectivity index (χ3v) is 2.01. The van der Waals surface area contributed by atoms with Gasteiger partial charge in [-0.15, -0.1) is 0 Å². The van der Waals surface area contributed by atoms with Crippen molar-refractivity contribution in [3.63, 3.8) is 0 Å². The molecule has 1 heteroatoms. The van der Waals surface area contributed by atoms with Crippen LogP contribution >= 0.6 is 0 Å². The Labute approximate surface area is 56.9 Å². The topological polar surface area (TPSA) is 26.0 Å². The Balaban J connectivity index is 2.53. The standard InChI is InChI=1S/C8H15N/c1-2-7-5-3-4-6-8(7)9/h5,8H,2-4,6,9H2,1H3. The normalized spacial score (nSPS) is 27.8. The van der Waals surface area contributed by atoms with Crippen LogP contribution in [0.5, 0.6) is 0 Å². The van der Waals surface area contributed by atoms with Crippen LogP contribution in [-0.4, -0.2) is 6.04 Å². The van der Waals surface area contributed by atoms with Crippen molar-refractivity contribution < 1.29 is 0 Å². The van der Waals surface area contributed by atoms with E-state index in [0.29, 0.717) is 6.04 Å². The van der Waals surface area contributed by atoms with E-state index in [1.807, 2.05) is 0 Å². The summed E-state index contributed by atoms with van der Waals surface area (Å²) in [5, 5.41) is 0. The van der Waals surface area contributed by atoms with Crippen LogP contribution in [0.15, 0.2) is 11.6 Å². The second-order valence-corrected chi connectivity index (χ2v) is 2.67. The number of rotatable bonds is 1. The average molecular weight is 125 g/mol. The molecule has 0 heterocycles. The molecule has 1 aliphatic carbocycles. The summed E-state index contributed by atoms with van der Waals surface area (Å²) in [7, 11) is 0. The maximum absolute atomic E-state index is 5.82. The van der Waals surface area contributed by atoms with Crippen molar-refractivity contribution in [1.29, 1.82) is 0 Å². The highest BCUT2D eigenvalue weighted by Gasteiger charge is 2.09. The van der Waals surface area contributed by atoms with Gasteiger partial charge in [0.15, 0.2) is 0 Å². The van der Waals surface area contributed by atoms with E-state index in [1.54, 1.807) is 0 Å². The molecule has 0 saturated heterocycles. The Morgan fingerprint density at radius 2 is 2.56 bits per heavy atom. The van der Waals surface area contributed by atoms with Crippen LogP contribution in [-0.2, 0) is 0 Å². The molecule has 0 aromatic heterocycles. The van der Waals surface area contributed by atoms with Gasteiger partial charge in [-0.3, -0.25) is 0 Å². The van der Waals surface area contributed by atoms with Gasteiger partial charge in [0.05, 0.1) is 0 Å². The fourth-order valence-corrected chi connectivity index (χ4v) is 1.37. The zero-order chi connectivity index (χ0) is 6.69. The van der Waals surface area contributed by atoms with Crippen LogP contribution in [0.1, 0.15) is 32.6 Å². The second-order valence-electron chi connectivity index (χ2n) is 2.67. The van der Waals surface area contributed by atoms with E-state index in [2.05, 4.69) is 13.0 Å². The second kappa shape index (κ2) is 3.02. The van der Waals surface area contributed by atoms with Crippen LogP contribution in [0.3, 0.4) is 0 Å². The smallest absolute Gasteiger partial charge is 0.0253 e. The van der Waals surface area contributed by atoms with Crippen molar-refractivity contribution in [2.75, 3.05) is 0 Å². The lowest BCUT2D eigenvalue weighted by molar-refractivity contribution is 0.600. The Morgan fingerprint density at radius 1 is 1.78 bits per heavy atom. The molecule has 1 nitrogen and oxygen atoms in total. The minimum Gasteiger partial charge on any atom is -0.324 e. The van der Waals surface area contributed by atoms with Crippen molar-refractivity contribution >= 4 is 0 Å². The highest BCUT2D eigenvalue weighted by atomic mass is 14.6. The minimum atomic E-state index is 0.378. The van der Waals surface area contributed by atoms with Crippen LogP contribution < -0.4 is 5.73 Å². The van der Waals surface area contributed by atoms with E-state index < -0.39 is 0 Å². The summed E-state index contributed by atoms with van der Waals surface area (Å²) < 4.78 is 0. The fourth-order valence-electron chi connectivity index (χ4n) is 1.37. The predicted molar refractivity (Wildman–Crippen MR) is 40.2 cm³/mol. The maximum Gasteiger partial charge on any atom is 0.0253 e. The number of nitrogens with two attached hydrogens (primary N) is 1. The number of hydrogen-bond acceptors (Lipinski definition) is 1. The van der Waals surface area contributed by atoms with Gasteiger partial charge in [0, 0.05) is 6.04 Å². The zero-order valence-electron chi connectivity index (χ0n) is 6.06. The van der Waals surface area contributed by atoms with E-state index in [4.69, 9.17) is 5.73 Å².